The minimum absolute atomic E-state index is 0.0304. The molecule has 0 spiro atoms. The molecular weight excluding hydrogens is 202 g/mol. The van der Waals surface area contributed by atoms with Crippen LogP contribution in [0, 0.1) is 5.41 Å². The maximum Gasteiger partial charge on any atom is 0.168 e. The van der Waals surface area contributed by atoms with Gasteiger partial charge in [-0.2, -0.15) is 0 Å². The molecule has 0 amide bonds. The lowest BCUT2D eigenvalue weighted by Gasteiger charge is -2.31. The molecule has 0 unspecified atom stereocenters. The van der Waals surface area contributed by atoms with Gasteiger partial charge in [-0.15, -0.1) is 0 Å². The largest absolute Gasteiger partial charge is 0.511 e. The van der Waals surface area contributed by atoms with Gasteiger partial charge in [-0.05, 0) is 18.3 Å². The molecule has 1 aliphatic rings. The fourth-order valence-electron chi connectivity index (χ4n) is 2.17. The highest BCUT2D eigenvalue weighted by Crippen LogP contribution is 2.35. The van der Waals surface area contributed by atoms with Gasteiger partial charge in [0.05, 0.1) is 5.57 Å². The Morgan fingerprint density at radius 3 is 2.56 bits per heavy atom. The summed E-state index contributed by atoms with van der Waals surface area (Å²) in [4.78, 5) is 16.2. The van der Waals surface area contributed by atoms with Gasteiger partial charge in [0, 0.05) is 25.6 Å². The van der Waals surface area contributed by atoms with E-state index < -0.39 is 0 Å². The summed E-state index contributed by atoms with van der Waals surface area (Å²) in [5.41, 5.74) is 1.19. The highest BCUT2D eigenvalue weighted by atomic mass is 16.3. The third-order valence-corrected chi connectivity index (χ3v) is 2.90. The van der Waals surface area contributed by atoms with Gasteiger partial charge in [0.25, 0.3) is 0 Å². The normalized spacial score (nSPS) is 26.0. The molecule has 3 heteroatoms. The highest BCUT2D eigenvalue weighted by molar-refractivity contribution is 6.24. The van der Waals surface area contributed by atoms with E-state index in [0.717, 1.165) is 18.6 Å². The van der Waals surface area contributed by atoms with Crippen LogP contribution >= 0.6 is 0 Å². The van der Waals surface area contributed by atoms with Gasteiger partial charge < -0.3 is 5.11 Å². The Bertz CT molecular complexity index is 351. The Hall–Kier alpha value is -1.12. The van der Waals surface area contributed by atoms with Crippen molar-refractivity contribution in [3.63, 3.8) is 0 Å². The maximum absolute atomic E-state index is 12.0. The zero-order valence-corrected chi connectivity index (χ0v) is 10.6. The fraction of sp³-hybridized carbons (Fsp3) is 0.692. The van der Waals surface area contributed by atoms with Crippen LogP contribution < -0.4 is 0 Å². The first-order chi connectivity index (χ1) is 7.41. The zero-order chi connectivity index (χ0) is 12.3. The summed E-state index contributed by atoms with van der Waals surface area (Å²) in [6.45, 7) is 6.10. The number of Topliss-reactive ketones (excluding diaryl/α,β-unsaturated/α-hetero) is 1. The number of carbonyl (C=O) groups is 1. The first-order valence-corrected chi connectivity index (χ1v) is 5.82. The zero-order valence-electron chi connectivity index (χ0n) is 10.6. The van der Waals surface area contributed by atoms with E-state index in [1.807, 2.05) is 6.92 Å². The molecule has 1 saturated carbocycles. The van der Waals surface area contributed by atoms with Crippen molar-refractivity contribution in [1.29, 1.82) is 0 Å². The molecule has 0 aromatic carbocycles. The average Bonchev–Trinajstić information content (AvgIpc) is 2.15. The third kappa shape index (κ3) is 2.71. The van der Waals surface area contributed by atoms with E-state index in [0.29, 0.717) is 18.4 Å². The molecule has 16 heavy (non-hydrogen) atoms. The molecule has 1 N–H and O–H groups in total. The number of nitrogens with zero attached hydrogens (tertiary/aromatic N) is 1. The summed E-state index contributed by atoms with van der Waals surface area (Å²) >= 11 is 0. The Kier molecular flexibility index (Phi) is 3.89. The standard InChI is InChI=1S/C13H21NO2/c1-5-6-10(15)12-9(14-4)7-13(2,3)8-11(12)16/h15H,5-8H2,1-4H3. The molecule has 1 fully saturated rings. The van der Waals surface area contributed by atoms with Crippen LogP contribution in [-0.2, 0) is 4.79 Å². The van der Waals surface area contributed by atoms with E-state index in [9.17, 15) is 9.90 Å². The predicted molar refractivity (Wildman–Crippen MR) is 65.9 cm³/mol. The van der Waals surface area contributed by atoms with Crippen molar-refractivity contribution in [2.45, 2.75) is 46.5 Å². The molecule has 0 aliphatic heterocycles. The van der Waals surface area contributed by atoms with Gasteiger partial charge in [0.15, 0.2) is 5.78 Å². The average molecular weight is 223 g/mol. The lowest BCUT2D eigenvalue weighted by molar-refractivity contribution is -0.117. The van der Waals surface area contributed by atoms with Crippen LogP contribution in [0.15, 0.2) is 16.3 Å². The van der Waals surface area contributed by atoms with Gasteiger partial charge in [0.2, 0.25) is 0 Å². The van der Waals surface area contributed by atoms with Crippen LogP contribution in [0.5, 0.6) is 0 Å². The van der Waals surface area contributed by atoms with Crippen LogP contribution in [0.25, 0.3) is 0 Å². The number of aliphatic imine (C=N–C) groups is 1. The van der Waals surface area contributed by atoms with Crippen molar-refractivity contribution in [3.8, 4) is 0 Å². The van der Waals surface area contributed by atoms with Crippen molar-refractivity contribution in [2.75, 3.05) is 7.05 Å². The first-order valence-electron chi connectivity index (χ1n) is 5.82. The summed E-state index contributed by atoms with van der Waals surface area (Å²) in [6, 6.07) is 0. The van der Waals surface area contributed by atoms with E-state index in [-0.39, 0.29) is 17.0 Å². The Morgan fingerprint density at radius 1 is 1.44 bits per heavy atom. The van der Waals surface area contributed by atoms with E-state index in [1.165, 1.54) is 0 Å². The molecular formula is C13H21NO2. The number of aliphatic hydroxyl groups excluding tert-OH is 1. The molecule has 0 aromatic rings. The molecule has 0 saturated heterocycles. The van der Waals surface area contributed by atoms with Crippen LogP contribution in [0.2, 0.25) is 0 Å². The van der Waals surface area contributed by atoms with Crippen LogP contribution in [0.1, 0.15) is 46.5 Å². The van der Waals surface area contributed by atoms with Gasteiger partial charge >= 0.3 is 0 Å². The van der Waals surface area contributed by atoms with Crippen LogP contribution in [0.3, 0.4) is 0 Å². The van der Waals surface area contributed by atoms with Crippen molar-refractivity contribution < 1.29 is 9.90 Å². The third-order valence-electron chi connectivity index (χ3n) is 2.90. The van der Waals surface area contributed by atoms with Crippen molar-refractivity contribution in [2.24, 2.45) is 10.4 Å². The number of aliphatic hydroxyl groups is 1. The lowest BCUT2D eigenvalue weighted by Crippen LogP contribution is -2.32. The van der Waals surface area contributed by atoms with Crippen molar-refractivity contribution in [1.82, 2.24) is 0 Å². The SMILES string of the molecule is CCCC(O)=C1C(=O)CC(C)(C)CC1=NC. The smallest absolute Gasteiger partial charge is 0.168 e. The Labute approximate surface area is 97.3 Å². The van der Waals surface area contributed by atoms with Crippen molar-refractivity contribution >= 4 is 11.5 Å². The minimum atomic E-state index is -0.0398. The molecule has 90 valence electrons. The number of carbonyl (C=O) groups excluding carboxylic acids is 1. The molecule has 3 nitrogen and oxygen atoms in total. The predicted octanol–water partition coefficient (Wildman–Crippen LogP) is 3.06. The van der Waals surface area contributed by atoms with E-state index in [2.05, 4.69) is 18.8 Å². The summed E-state index contributed by atoms with van der Waals surface area (Å²) in [5, 5.41) is 9.89. The molecule has 0 bridgehead atoms. The van der Waals surface area contributed by atoms with E-state index in [1.54, 1.807) is 7.05 Å². The van der Waals surface area contributed by atoms with Gasteiger partial charge in [-0.25, -0.2) is 0 Å². The second kappa shape index (κ2) is 4.81. The van der Waals surface area contributed by atoms with Gasteiger partial charge in [-0.3, -0.25) is 9.79 Å². The number of rotatable bonds is 2. The quantitative estimate of drug-likeness (QED) is 0.577. The molecule has 0 heterocycles. The summed E-state index contributed by atoms with van der Waals surface area (Å²) < 4.78 is 0. The lowest BCUT2D eigenvalue weighted by atomic mass is 9.73. The van der Waals surface area contributed by atoms with E-state index in [4.69, 9.17) is 0 Å². The number of allylic oxidation sites excluding steroid dienone is 2. The van der Waals surface area contributed by atoms with Gasteiger partial charge in [0.1, 0.15) is 5.76 Å². The molecule has 0 aromatic heterocycles. The van der Waals surface area contributed by atoms with Crippen LogP contribution in [-0.4, -0.2) is 23.6 Å². The van der Waals surface area contributed by atoms with Crippen LogP contribution in [0.4, 0.5) is 0 Å². The number of hydrogen-bond acceptors (Lipinski definition) is 3. The Morgan fingerprint density at radius 2 is 2.06 bits per heavy atom. The second-order valence-corrected chi connectivity index (χ2v) is 5.18. The second-order valence-electron chi connectivity index (χ2n) is 5.18. The first kappa shape index (κ1) is 12.9. The number of hydrogen-bond donors (Lipinski definition) is 1. The van der Waals surface area contributed by atoms with Crippen molar-refractivity contribution in [3.05, 3.63) is 11.3 Å². The summed E-state index contributed by atoms with van der Waals surface area (Å²) in [7, 11) is 1.68. The fourth-order valence-corrected chi connectivity index (χ4v) is 2.17. The summed E-state index contributed by atoms with van der Waals surface area (Å²) in [5.74, 6) is 0.242. The van der Waals surface area contributed by atoms with E-state index >= 15 is 0 Å². The summed E-state index contributed by atoms with van der Waals surface area (Å²) in [6.07, 6.45) is 2.65. The molecule has 0 atom stereocenters. The highest BCUT2D eigenvalue weighted by Gasteiger charge is 2.35. The molecule has 1 rings (SSSR count). The molecule has 0 radical (unpaired) electrons. The minimum Gasteiger partial charge on any atom is -0.511 e. The van der Waals surface area contributed by atoms with Gasteiger partial charge in [-0.1, -0.05) is 20.8 Å². The maximum atomic E-state index is 12.0. The number of ketones is 1. The molecule has 1 aliphatic carbocycles. The Balaban J connectivity index is 3.10. The monoisotopic (exact) mass is 223 g/mol. The topological polar surface area (TPSA) is 49.7 Å².